The van der Waals surface area contributed by atoms with E-state index in [0.29, 0.717) is 5.92 Å². The second-order valence-corrected chi connectivity index (χ2v) is 17.4. The third-order valence-corrected chi connectivity index (χ3v) is 5.23. The van der Waals surface area contributed by atoms with Crippen LogP contribution in [0.2, 0.25) is 0 Å². The number of hydrogen-bond acceptors (Lipinski definition) is 6. The molecular weight excluding hydrogens is 899 g/mol. The molecular formula is C64H121N7S. The molecule has 0 saturated carbocycles. The van der Waals surface area contributed by atoms with E-state index in [0.717, 1.165) is 40.5 Å². The first-order chi connectivity index (χ1) is 34.4. The van der Waals surface area contributed by atoms with Gasteiger partial charge in [0.1, 0.15) is 6.33 Å². The third kappa shape index (κ3) is 126. The van der Waals surface area contributed by atoms with Gasteiger partial charge < -0.3 is 4.98 Å². The zero-order valence-corrected chi connectivity index (χ0v) is 53.4. The van der Waals surface area contributed by atoms with Crippen LogP contribution >= 0.6 is 11.3 Å². The van der Waals surface area contributed by atoms with Crippen LogP contribution in [-0.2, 0) is 0 Å². The molecule has 0 aliphatic rings. The summed E-state index contributed by atoms with van der Waals surface area (Å²) in [6.07, 6.45) is 15.7. The molecule has 0 aliphatic carbocycles. The quantitative estimate of drug-likeness (QED) is 0.171. The van der Waals surface area contributed by atoms with Gasteiger partial charge in [0.2, 0.25) is 0 Å². The second kappa shape index (κ2) is 89.0. The Morgan fingerprint density at radius 2 is 0.736 bits per heavy atom. The summed E-state index contributed by atoms with van der Waals surface area (Å²) in [7, 11) is 0. The average molecular weight is 1020 g/mol. The summed E-state index contributed by atoms with van der Waals surface area (Å²) < 4.78 is 0. The van der Waals surface area contributed by atoms with Crippen LogP contribution in [0.4, 0.5) is 0 Å². The number of nitrogens with one attached hydrogen (secondary N) is 2. The zero-order chi connectivity index (χ0) is 58.2. The van der Waals surface area contributed by atoms with Crippen LogP contribution in [0.3, 0.4) is 0 Å². The number of nitrogens with zero attached hydrogens (tertiary/aromatic N) is 5. The highest BCUT2D eigenvalue weighted by Crippen LogP contribution is 2.11. The van der Waals surface area contributed by atoms with Gasteiger partial charge in [0.05, 0.1) is 17.2 Å². The van der Waals surface area contributed by atoms with E-state index in [2.05, 4.69) is 177 Å². The van der Waals surface area contributed by atoms with Crippen LogP contribution in [0.5, 0.6) is 0 Å². The van der Waals surface area contributed by atoms with Gasteiger partial charge in [-0.1, -0.05) is 255 Å². The summed E-state index contributed by atoms with van der Waals surface area (Å²) in [4.78, 5) is 17.7. The van der Waals surface area contributed by atoms with E-state index < -0.39 is 0 Å². The fraction of sp³-hybridized carbons (Fsp3) is 0.547. The van der Waals surface area contributed by atoms with Crippen molar-refractivity contribution in [2.45, 2.75) is 207 Å². The van der Waals surface area contributed by atoms with Gasteiger partial charge in [-0.15, -0.1) is 11.3 Å². The smallest absolute Gasteiger partial charge is 0.115 e. The number of aromatic nitrogens is 7. The Kier molecular flexibility index (Phi) is 111. The van der Waals surface area contributed by atoms with Gasteiger partial charge in [-0.25, -0.2) is 9.97 Å². The molecule has 0 unspecified atom stereocenters. The SMILES string of the molecule is CC.CC.CC.CC.CC.CC.CC(C)C.CC(C)C.CC(C)C.CC(C)C.CC(C)C.CC(C)c1ccccc1.c1cc[nH]c1.c1ccc2[nH]ncc2c1.c1ccncc1.c1cncnc1.c1cscn1. The fourth-order valence-electron chi connectivity index (χ4n) is 2.74. The topological polar surface area (TPSA) is 96.0 Å². The van der Waals surface area contributed by atoms with Crippen molar-refractivity contribution in [3.8, 4) is 0 Å². The van der Waals surface area contributed by atoms with E-state index in [9.17, 15) is 0 Å². The average Bonchev–Trinajstić information content (AvgIpc) is 4.25. The highest BCUT2D eigenvalue weighted by atomic mass is 32.1. The maximum atomic E-state index is 3.88. The van der Waals surface area contributed by atoms with Crippen molar-refractivity contribution in [2.24, 2.45) is 29.6 Å². The van der Waals surface area contributed by atoms with Gasteiger partial charge in [0, 0.05) is 54.1 Å². The molecule has 5 heterocycles. The van der Waals surface area contributed by atoms with Crippen LogP contribution in [0.15, 0.2) is 158 Å². The lowest BCUT2D eigenvalue weighted by atomic mass is 10.0. The molecule has 0 saturated heterocycles. The van der Waals surface area contributed by atoms with Gasteiger partial charge >= 0.3 is 0 Å². The molecule has 0 bridgehead atoms. The first kappa shape index (κ1) is 89.9. The van der Waals surface area contributed by atoms with Gasteiger partial charge in [-0.05, 0) is 77.5 Å². The predicted octanol–water partition coefficient (Wildman–Crippen LogP) is 22.6. The molecule has 0 fully saturated rings. The fourth-order valence-corrected chi connectivity index (χ4v) is 3.09. The van der Waals surface area contributed by atoms with E-state index in [1.54, 1.807) is 53.9 Å². The van der Waals surface area contributed by atoms with Gasteiger partial charge in [0.25, 0.3) is 0 Å². The number of H-pyrrole nitrogens is 2. The van der Waals surface area contributed by atoms with Crippen molar-refractivity contribution in [1.82, 2.24) is 35.1 Å². The number of fused-ring (bicyclic) bond motifs is 1. The molecule has 0 atom stereocenters. The van der Waals surface area contributed by atoms with E-state index in [1.807, 2.05) is 168 Å². The maximum absolute atomic E-state index is 3.88. The Balaban J connectivity index is -0.0000000728. The number of thiazole rings is 1. The molecule has 0 radical (unpaired) electrons. The molecule has 7 nitrogen and oxygen atoms in total. The first-order valence-corrected chi connectivity index (χ1v) is 28.3. The first-order valence-electron chi connectivity index (χ1n) is 27.3. The van der Waals surface area contributed by atoms with E-state index in [1.165, 1.54) is 11.9 Å². The molecule has 0 spiro atoms. The predicted molar refractivity (Wildman–Crippen MR) is 336 cm³/mol. The Labute approximate surface area is 454 Å². The molecule has 418 valence electrons. The Hall–Kier alpha value is -4.95. The minimum atomic E-state index is 0.659. The lowest BCUT2D eigenvalue weighted by molar-refractivity contribution is 0.736. The van der Waals surface area contributed by atoms with Crippen molar-refractivity contribution < 1.29 is 0 Å². The molecule has 2 aromatic carbocycles. The monoisotopic (exact) mass is 1020 g/mol. The van der Waals surface area contributed by atoms with Crippen LogP contribution in [0.1, 0.15) is 212 Å². The van der Waals surface area contributed by atoms with Crippen molar-refractivity contribution >= 4 is 22.2 Å². The molecule has 8 heteroatoms. The van der Waals surface area contributed by atoms with E-state index in [4.69, 9.17) is 0 Å². The number of aromatic amines is 2. The summed E-state index contributed by atoms with van der Waals surface area (Å²) in [6.45, 7) is 60.9. The van der Waals surface area contributed by atoms with Gasteiger partial charge in [-0.3, -0.25) is 15.1 Å². The van der Waals surface area contributed by atoms with Gasteiger partial charge in [0.15, 0.2) is 0 Å². The molecule has 2 N–H and O–H groups in total. The Morgan fingerprint density at radius 1 is 0.375 bits per heavy atom. The van der Waals surface area contributed by atoms with E-state index >= 15 is 0 Å². The minimum Gasteiger partial charge on any atom is -0.368 e. The highest BCUT2D eigenvalue weighted by molar-refractivity contribution is 7.07. The minimum absolute atomic E-state index is 0.659. The molecule has 0 amide bonds. The largest absolute Gasteiger partial charge is 0.368 e. The number of rotatable bonds is 1. The zero-order valence-electron chi connectivity index (χ0n) is 52.6. The second-order valence-electron chi connectivity index (χ2n) is 16.7. The number of para-hydroxylation sites is 1. The summed E-state index contributed by atoms with van der Waals surface area (Å²) in [5.74, 6) is 4.83. The molecule has 7 aromatic rings. The van der Waals surface area contributed by atoms with Crippen LogP contribution < -0.4 is 0 Å². The number of hydrogen-bond donors (Lipinski definition) is 2. The van der Waals surface area contributed by atoms with Crippen LogP contribution in [0, 0.1) is 29.6 Å². The number of benzene rings is 2. The third-order valence-electron chi connectivity index (χ3n) is 4.70. The standard InChI is InChI=1S/C9H12.C7H6N2.C5H5N.C4H4N2.C4H5N.5C4H10.C3H3NS.6C2H6/c1-8(2)9-6-4-3-5-7-9;1-2-4-7-6(3-1)5-8-9-7;1-2-4-6-5-3-1;1-2-5-4-6-3-1;1-2-4-5-3-1;5*1-4(2)3;1-2-5-3-4-1;6*1-2/h3-8H,1-2H3;1-5H,(H,8,9);1-5H;1-4H;1-5H;5*4H,1-3H3;1-3H;6*1-2H3. The normalized spacial score (nSPS) is 7.99. The molecule has 72 heavy (non-hydrogen) atoms. The lowest BCUT2D eigenvalue weighted by Gasteiger charge is -2.01. The summed E-state index contributed by atoms with van der Waals surface area (Å²) in [5, 5.41) is 9.84. The van der Waals surface area contributed by atoms with Gasteiger partial charge in [-0.2, -0.15) is 5.10 Å². The molecule has 5 aromatic heterocycles. The van der Waals surface area contributed by atoms with E-state index in [-0.39, 0.29) is 0 Å². The van der Waals surface area contributed by atoms with Crippen molar-refractivity contribution in [1.29, 1.82) is 0 Å². The summed E-state index contributed by atoms with van der Waals surface area (Å²) in [6, 6.07) is 29.9. The Morgan fingerprint density at radius 3 is 0.944 bits per heavy atom. The molecule has 0 aliphatic heterocycles. The Bertz CT molecular complexity index is 1430. The lowest BCUT2D eigenvalue weighted by Crippen LogP contribution is -1.83. The molecule has 7 rings (SSSR count). The van der Waals surface area contributed by atoms with Crippen LogP contribution in [0.25, 0.3) is 10.9 Å². The highest BCUT2D eigenvalue weighted by Gasteiger charge is 1.93. The van der Waals surface area contributed by atoms with Crippen molar-refractivity contribution in [2.75, 3.05) is 0 Å². The summed E-state index contributed by atoms with van der Waals surface area (Å²) in [5.41, 5.74) is 4.30. The maximum Gasteiger partial charge on any atom is 0.115 e. The summed E-state index contributed by atoms with van der Waals surface area (Å²) >= 11 is 1.60. The van der Waals surface area contributed by atoms with Crippen molar-refractivity contribution in [3.63, 3.8) is 0 Å². The number of pyridine rings is 1. The van der Waals surface area contributed by atoms with Crippen LogP contribution in [-0.4, -0.2) is 35.1 Å². The van der Waals surface area contributed by atoms with Crippen molar-refractivity contribution in [3.05, 3.63) is 163 Å².